The van der Waals surface area contributed by atoms with E-state index in [9.17, 15) is 4.79 Å². The fourth-order valence-electron chi connectivity index (χ4n) is 2.28. The topological polar surface area (TPSA) is 20.3 Å². The van der Waals surface area contributed by atoms with Crippen LogP contribution in [0.5, 0.6) is 0 Å². The maximum Gasteiger partial charge on any atom is 0.226 e. The first-order valence-corrected chi connectivity index (χ1v) is 6.64. The molecule has 0 saturated heterocycles. The molecule has 2 rings (SSSR count). The Labute approximate surface area is 97.0 Å². The lowest BCUT2D eigenvalue weighted by molar-refractivity contribution is -0.137. The second-order valence-electron chi connectivity index (χ2n) is 4.98. The molecule has 3 heteroatoms. The largest absolute Gasteiger partial charge is 0.339 e. The molecule has 2 aliphatic carbocycles. The Morgan fingerprint density at radius 1 is 1.47 bits per heavy atom. The SMILES string of the molecule is CC1CC1C(=O)N(CCCCl)C1CCC1. The van der Waals surface area contributed by atoms with Gasteiger partial charge < -0.3 is 4.90 Å². The molecule has 0 radical (unpaired) electrons. The van der Waals surface area contributed by atoms with Gasteiger partial charge in [-0.05, 0) is 38.0 Å². The van der Waals surface area contributed by atoms with Gasteiger partial charge in [0, 0.05) is 24.4 Å². The molecular weight excluding hydrogens is 210 g/mol. The first-order valence-electron chi connectivity index (χ1n) is 6.10. The third-order valence-corrected chi connectivity index (χ3v) is 4.03. The Hall–Kier alpha value is -0.240. The molecular formula is C12H20ClNO. The molecule has 0 spiro atoms. The Balaban J connectivity index is 1.88. The van der Waals surface area contributed by atoms with Crippen molar-refractivity contribution in [2.45, 2.75) is 45.1 Å². The highest BCUT2D eigenvalue weighted by atomic mass is 35.5. The minimum absolute atomic E-state index is 0.334. The fraction of sp³-hybridized carbons (Fsp3) is 0.917. The van der Waals surface area contributed by atoms with Crippen molar-refractivity contribution in [3.63, 3.8) is 0 Å². The van der Waals surface area contributed by atoms with Crippen molar-refractivity contribution in [1.82, 2.24) is 4.90 Å². The van der Waals surface area contributed by atoms with Gasteiger partial charge in [0.15, 0.2) is 0 Å². The van der Waals surface area contributed by atoms with Gasteiger partial charge >= 0.3 is 0 Å². The Kier molecular flexibility index (Phi) is 3.55. The molecule has 1 amide bonds. The lowest BCUT2D eigenvalue weighted by Gasteiger charge is -2.38. The van der Waals surface area contributed by atoms with Crippen LogP contribution in [0.3, 0.4) is 0 Å². The van der Waals surface area contributed by atoms with Crippen molar-refractivity contribution >= 4 is 17.5 Å². The number of carbonyl (C=O) groups is 1. The number of carbonyl (C=O) groups excluding carboxylic acids is 1. The second-order valence-corrected chi connectivity index (χ2v) is 5.36. The van der Waals surface area contributed by atoms with Gasteiger partial charge in [-0.15, -0.1) is 11.6 Å². The predicted octanol–water partition coefficient (Wildman–Crippen LogP) is 2.65. The lowest BCUT2D eigenvalue weighted by Crippen LogP contribution is -2.45. The van der Waals surface area contributed by atoms with Crippen LogP contribution in [0.2, 0.25) is 0 Å². The molecule has 15 heavy (non-hydrogen) atoms. The summed E-state index contributed by atoms with van der Waals surface area (Å²) in [5, 5.41) is 0. The summed E-state index contributed by atoms with van der Waals surface area (Å²) in [5.41, 5.74) is 0. The number of rotatable bonds is 5. The molecule has 0 aliphatic heterocycles. The summed E-state index contributed by atoms with van der Waals surface area (Å²) in [6.07, 6.45) is 5.73. The van der Waals surface area contributed by atoms with E-state index in [4.69, 9.17) is 11.6 Å². The summed E-state index contributed by atoms with van der Waals surface area (Å²) >= 11 is 5.70. The van der Waals surface area contributed by atoms with Crippen molar-refractivity contribution in [3.05, 3.63) is 0 Å². The minimum atomic E-state index is 0.334. The van der Waals surface area contributed by atoms with E-state index >= 15 is 0 Å². The molecule has 2 nitrogen and oxygen atoms in total. The second kappa shape index (κ2) is 4.73. The van der Waals surface area contributed by atoms with Gasteiger partial charge in [-0.3, -0.25) is 4.79 Å². The van der Waals surface area contributed by atoms with Crippen molar-refractivity contribution < 1.29 is 4.79 Å². The smallest absolute Gasteiger partial charge is 0.226 e. The average Bonchev–Trinajstić information content (AvgIpc) is 2.85. The monoisotopic (exact) mass is 229 g/mol. The van der Waals surface area contributed by atoms with E-state index in [1.54, 1.807) is 0 Å². The Bertz CT molecular complexity index is 240. The maximum atomic E-state index is 12.1. The molecule has 86 valence electrons. The number of amides is 1. The normalized spacial score (nSPS) is 29.7. The molecule has 0 N–H and O–H groups in total. The van der Waals surface area contributed by atoms with Crippen LogP contribution in [0.4, 0.5) is 0 Å². The van der Waals surface area contributed by atoms with Crippen LogP contribution in [0.25, 0.3) is 0 Å². The molecule has 2 saturated carbocycles. The number of alkyl halides is 1. The fourth-order valence-corrected chi connectivity index (χ4v) is 2.40. The van der Waals surface area contributed by atoms with E-state index in [0.717, 1.165) is 19.4 Å². The van der Waals surface area contributed by atoms with Crippen molar-refractivity contribution in [3.8, 4) is 0 Å². The summed E-state index contributed by atoms with van der Waals surface area (Å²) in [6.45, 7) is 3.04. The number of halogens is 1. The molecule has 0 aromatic rings. The molecule has 2 atom stereocenters. The summed E-state index contributed by atoms with van der Waals surface area (Å²) < 4.78 is 0. The molecule has 2 aliphatic rings. The van der Waals surface area contributed by atoms with Gasteiger partial charge in [0.2, 0.25) is 5.91 Å². The molecule has 2 fully saturated rings. The quantitative estimate of drug-likeness (QED) is 0.664. The first kappa shape index (κ1) is 11.3. The Morgan fingerprint density at radius 2 is 2.13 bits per heavy atom. The van der Waals surface area contributed by atoms with Crippen molar-refractivity contribution in [2.24, 2.45) is 11.8 Å². The van der Waals surface area contributed by atoms with Crippen molar-refractivity contribution in [1.29, 1.82) is 0 Å². The van der Waals surface area contributed by atoms with E-state index in [1.807, 2.05) is 0 Å². The molecule has 0 aromatic heterocycles. The minimum Gasteiger partial charge on any atom is -0.339 e. The van der Waals surface area contributed by atoms with Gasteiger partial charge in [0.05, 0.1) is 0 Å². The molecule has 0 heterocycles. The van der Waals surface area contributed by atoms with E-state index in [-0.39, 0.29) is 0 Å². The zero-order valence-electron chi connectivity index (χ0n) is 9.42. The standard InChI is InChI=1S/C12H20ClNO/c1-9-8-11(9)12(15)14(7-3-6-13)10-4-2-5-10/h9-11H,2-8H2,1H3. The predicted molar refractivity (Wildman–Crippen MR) is 62.0 cm³/mol. The summed E-state index contributed by atoms with van der Waals surface area (Å²) in [6, 6.07) is 0.536. The maximum absolute atomic E-state index is 12.1. The zero-order chi connectivity index (χ0) is 10.8. The summed E-state index contributed by atoms with van der Waals surface area (Å²) in [7, 11) is 0. The highest BCUT2D eigenvalue weighted by Crippen LogP contribution is 2.40. The summed E-state index contributed by atoms with van der Waals surface area (Å²) in [5.74, 6) is 2.02. The van der Waals surface area contributed by atoms with Crippen LogP contribution < -0.4 is 0 Å². The van der Waals surface area contributed by atoms with E-state index in [1.165, 1.54) is 19.3 Å². The summed E-state index contributed by atoms with van der Waals surface area (Å²) in [4.78, 5) is 14.3. The van der Waals surface area contributed by atoms with Crippen LogP contribution in [-0.2, 0) is 4.79 Å². The average molecular weight is 230 g/mol. The first-order chi connectivity index (χ1) is 7.24. The van der Waals surface area contributed by atoms with E-state index in [2.05, 4.69) is 11.8 Å². The van der Waals surface area contributed by atoms with Crippen LogP contribution in [0.1, 0.15) is 39.0 Å². The van der Waals surface area contributed by atoms with Crippen LogP contribution in [-0.4, -0.2) is 29.3 Å². The lowest BCUT2D eigenvalue weighted by atomic mass is 9.91. The Morgan fingerprint density at radius 3 is 2.53 bits per heavy atom. The van der Waals surface area contributed by atoms with Crippen LogP contribution in [0, 0.1) is 11.8 Å². The van der Waals surface area contributed by atoms with Crippen LogP contribution in [0.15, 0.2) is 0 Å². The van der Waals surface area contributed by atoms with E-state index < -0.39 is 0 Å². The third-order valence-electron chi connectivity index (χ3n) is 3.76. The van der Waals surface area contributed by atoms with Gasteiger partial charge in [0.1, 0.15) is 0 Å². The molecule has 0 bridgehead atoms. The highest BCUT2D eigenvalue weighted by Gasteiger charge is 2.43. The number of nitrogens with zero attached hydrogens (tertiary/aromatic N) is 1. The third kappa shape index (κ3) is 2.47. The van der Waals surface area contributed by atoms with Crippen LogP contribution >= 0.6 is 11.6 Å². The molecule has 0 aromatic carbocycles. The van der Waals surface area contributed by atoms with Gasteiger partial charge in [-0.25, -0.2) is 0 Å². The molecule has 2 unspecified atom stereocenters. The van der Waals surface area contributed by atoms with Gasteiger partial charge in [-0.1, -0.05) is 6.92 Å². The zero-order valence-corrected chi connectivity index (χ0v) is 10.2. The van der Waals surface area contributed by atoms with Gasteiger partial charge in [0.25, 0.3) is 0 Å². The number of hydrogen-bond acceptors (Lipinski definition) is 1. The highest BCUT2D eigenvalue weighted by molar-refractivity contribution is 6.17. The van der Waals surface area contributed by atoms with Gasteiger partial charge in [-0.2, -0.15) is 0 Å². The van der Waals surface area contributed by atoms with Crippen molar-refractivity contribution in [2.75, 3.05) is 12.4 Å². The number of hydrogen-bond donors (Lipinski definition) is 0. The van der Waals surface area contributed by atoms with E-state index in [0.29, 0.717) is 29.7 Å².